The summed E-state index contributed by atoms with van der Waals surface area (Å²) in [5, 5.41) is 8.01. The Labute approximate surface area is 148 Å². The largest absolute Gasteiger partial charge is 0.367 e. The van der Waals surface area contributed by atoms with E-state index in [-0.39, 0.29) is 6.04 Å². The molecule has 2 aromatic rings. The highest BCUT2D eigenvalue weighted by Crippen LogP contribution is 2.20. The molecule has 1 saturated heterocycles. The van der Waals surface area contributed by atoms with Gasteiger partial charge in [0.25, 0.3) is 0 Å². The molecule has 3 heterocycles. The Bertz CT molecular complexity index is 692. The number of rotatable bonds is 5. The van der Waals surface area contributed by atoms with E-state index >= 15 is 0 Å². The molecule has 1 aliphatic heterocycles. The van der Waals surface area contributed by atoms with Gasteiger partial charge >= 0.3 is 0 Å². The Hall–Kier alpha value is -1.76. The molecule has 0 aliphatic carbocycles. The topological polar surface area (TPSA) is 58.9 Å². The molecule has 24 heavy (non-hydrogen) atoms. The summed E-state index contributed by atoms with van der Waals surface area (Å²) in [6, 6.07) is 2.35. The molecule has 0 spiro atoms. The second-order valence-electron chi connectivity index (χ2n) is 6.38. The van der Waals surface area contributed by atoms with Crippen molar-refractivity contribution in [3.05, 3.63) is 29.3 Å². The van der Waals surface area contributed by atoms with Crippen molar-refractivity contribution in [2.75, 3.05) is 34.8 Å². The third-order valence-corrected chi connectivity index (χ3v) is 5.49. The number of nitrogens with zero attached hydrogens (tertiary/aromatic N) is 5. The summed E-state index contributed by atoms with van der Waals surface area (Å²) >= 11 is 2.01. The van der Waals surface area contributed by atoms with Gasteiger partial charge < -0.3 is 10.2 Å². The molecule has 1 aliphatic rings. The molecule has 7 heteroatoms. The van der Waals surface area contributed by atoms with Crippen LogP contribution in [0.15, 0.2) is 12.4 Å². The van der Waals surface area contributed by atoms with E-state index in [1.165, 1.54) is 22.8 Å². The zero-order chi connectivity index (χ0) is 17.1. The van der Waals surface area contributed by atoms with Gasteiger partial charge in [0, 0.05) is 49.4 Å². The van der Waals surface area contributed by atoms with E-state index in [2.05, 4.69) is 52.1 Å². The van der Waals surface area contributed by atoms with Crippen LogP contribution in [0.25, 0.3) is 0 Å². The van der Waals surface area contributed by atoms with Crippen LogP contribution in [0.2, 0.25) is 0 Å². The van der Waals surface area contributed by atoms with Crippen molar-refractivity contribution < 1.29 is 0 Å². The zero-order valence-electron chi connectivity index (χ0n) is 14.9. The zero-order valence-corrected chi connectivity index (χ0v) is 15.7. The molecule has 130 valence electrons. The minimum Gasteiger partial charge on any atom is -0.367 e. The predicted molar refractivity (Wildman–Crippen MR) is 101 cm³/mol. The molecule has 0 radical (unpaired) electrons. The third-order valence-electron chi connectivity index (χ3n) is 4.55. The van der Waals surface area contributed by atoms with Gasteiger partial charge in [0.2, 0.25) is 0 Å². The molecule has 0 saturated carbocycles. The summed E-state index contributed by atoms with van der Waals surface area (Å²) in [6.07, 6.45) is 2.60. The third kappa shape index (κ3) is 3.83. The van der Waals surface area contributed by atoms with E-state index in [9.17, 15) is 0 Å². The van der Waals surface area contributed by atoms with Gasteiger partial charge in [0.1, 0.15) is 18.0 Å². The van der Waals surface area contributed by atoms with Crippen LogP contribution in [0.5, 0.6) is 0 Å². The first kappa shape index (κ1) is 17.1. The number of aromatic nitrogens is 4. The van der Waals surface area contributed by atoms with Crippen molar-refractivity contribution >= 4 is 23.4 Å². The van der Waals surface area contributed by atoms with E-state index in [4.69, 9.17) is 0 Å². The Morgan fingerprint density at radius 3 is 2.67 bits per heavy atom. The van der Waals surface area contributed by atoms with Crippen LogP contribution in [-0.2, 0) is 13.5 Å². The Morgan fingerprint density at radius 2 is 2.00 bits per heavy atom. The average Bonchev–Trinajstić information content (AvgIpc) is 2.82. The summed E-state index contributed by atoms with van der Waals surface area (Å²) in [5.74, 6) is 4.25. The quantitative estimate of drug-likeness (QED) is 0.897. The van der Waals surface area contributed by atoms with Crippen LogP contribution in [0.1, 0.15) is 23.9 Å². The molecule has 1 N–H and O–H groups in total. The maximum Gasteiger partial charge on any atom is 0.134 e. The van der Waals surface area contributed by atoms with Gasteiger partial charge in [-0.15, -0.1) is 0 Å². The number of aryl methyl sites for hydroxylation is 2. The Morgan fingerprint density at radius 1 is 1.25 bits per heavy atom. The van der Waals surface area contributed by atoms with Crippen molar-refractivity contribution in [2.45, 2.75) is 33.2 Å². The number of hydrogen-bond acceptors (Lipinski definition) is 6. The smallest absolute Gasteiger partial charge is 0.134 e. The Kier molecular flexibility index (Phi) is 5.28. The van der Waals surface area contributed by atoms with Crippen LogP contribution >= 0.6 is 11.8 Å². The SMILES string of the molecule is Cc1nn(C)c(C)c1C[C@@H](C)Nc1cc(N2CCSCC2)ncn1. The predicted octanol–water partition coefficient (Wildman–Crippen LogP) is 2.42. The van der Waals surface area contributed by atoms with Crippen LogP contribution in [0.3, 0.4) is 0 Å². The molecule has 6 nitrogen and oxygen atoms in total. The minimum atomic E-state index is 0.284. The summed E-state index contributed by atoms with van der Waals surface area (Å²) in [5.41, 5.74) is 3.66. The second kappa shape index (κ2) is 7.42. The van der Waals surface area contributed by atoms with E-state index < -0.39 is 0 Å². The van der Waals surface area contributed by atoms with Gasteiger partial charge in [-0.2, -0.15) is 16.9 Å². The van der Waals surface area contributed by atoms with Gasteiger partial charge in [-0.05, 0) is 32.8 Å². The van der Waals surface area contributed by atoms with Gasteiger partial charge in [0.15, 0.2) is 0 Å². The molecule has 0 bridgehead atoms. The van der Waals surface area contributed by atoms with E-state index in [0.29, 0.717) is 0 Å². The fourth-order valence-electron chi connectivity index (χ4n) is 3.11. The average molecular weight is 347 g/mol. The fraction of sp³-hybridized carbons (Fsp3) is 0.588. The van der Waals surface area contributed by atoms with Gasteiger partial charge in [-0.1, -0.05) is 0 Å². The highest BCUT2D eigenvalue weighted by Gasteiger charge is 2.15. The lowest BCUT2D eigenvalue weighted by Crippen LogP contribution is -2.33. The molecular formula is C17H26N6S. The minimum absolute atomic E-state index is 0.284. The summed E-state index contributed by atoms with van der Waals surface area (Å²) in [4.78, 5) is 11.2. The number of anilines is 2. The lowest BCUT2D eigenvalue weighted by Gasteiger charge is -2.27. The summed E-state index contributed by atoms with van der Waals surface area (Å²) in [7, 11) is 2.00. The summed E-state index contributed by atoms with van der Waals surface area (Å²) in [6.45, 7) is 8.51. The van der Waals surface area contributed by atoms with Gasteiger partial charge in [0.05, 0.1) is 5.69 Å². The van der Waals surface area contributed by atoms with E-state index in [0.717, 1.165) is 36.8 Å². The van der Waals surface area contributed by atoms with Crippen molar-refractivity contribution in [1.82, 2.24) is 19.7 Å². The van der Waals surface area contributed by atoms with Crippen LogP contribution in [-0.4, -0.2) is 50.4 Å². The molecule has 1 fully saturated rings. The van der Waals surface area contributed by atoms with Crippen molar-refractivity contribution in [3.63, 3.8) is 0 Å². The van der Waals surface area contributed by atoms with Gasteiger partial charge in [-0.25, -0.2) is 9.97 Å². The number of thioether (sulfide) groups is 1. The van der Waals surface area contributed by atoms with E-state index in [1.54, 1.807) is 6.33 Å². The fourth-order valence-corrected chi connectivity index (χ4v) is 4.02. The van der Waals surface area contributed by atoms with Crippen LogP contribution in [0, 0.1) is 13.8 Å². The highest BCUT2D eigenvalue weighted by molar-refractivity contribution is 7.99. The number of hydrogen-bond donors (Lipinski definition) is 1. The number of nitrogens with one attached hydrogen (secondary N) is 1. The van der Waals surface area contributed by atoms with Gasteiger partial charge in [-0.3, -0.25) is 4.68 Å². The van der Waals surface area contributed by atoms with Crippen LogP contribution in [0.4, 0.5) is 11.6 Å². The molecule has 3 rings (SSSR count). The van der Waals surface area contributed by atoms with Crippen LogP contribution < -0.4 is 10.2 Å². The first-order chi connectivity index (χ1) is 11.5. The molecule has 1 atom stereocenters. The molecule has 2 aromatic heterocycles. The Balaban J connectivity index is 1.66. The summed E-state index contributed by atoms with van der Waals surface area (Å²) < 4.78 is 1.95. The first-order valence-electron chi connectivity index (χ1n) is 8.45. The lowest BCUT2D eigenvalue weighted by molar-refractivity contribution is 0.726. The standard InChI is InChI=1S/C17H26N6S/c1-12(9-15-13(2)21-22(4)14(15)3)20-16-10-17(19-11-18-16)23-5-7-24-8-6-23/h10-12H,5-9H2,1-4H3,(H,18,19,20)/t12-/m1/s1. The molecular weight excluding hydrogens is 320 g/mol. The maximum atomic E-state index is 4.50. The monoisotopic (exact) mass is 346 g/mol. The highest BCUT2D eigenvalue weighted by atomic mass is 32.2. The normalized spacial score (nSPS) is 16.2. The molecule has 0 aromatic carbocycles. The van der Waals surface area contributed by atoms with Crippen molar-refractivity contribution in [1.29, 1.82) is 0 Å². The molecule has 0 unspecified atom stereocenters. The van der Waals surface area contributed by atoms with Crippen molar-refractivity contribution in [3.8, 4) is 0 Å². The lowest BCUT2D eigenvalue weighted by atomic mass is 10.1. The maximum absolute atomic E-state index is 4.50. The first-order valence-corrected chi connectivity index (χ1v) is 9.60. The van der Waals surface area contributed by atoms with E-state index in [1.807, 2.05) is 23.5 Å². The molecule has 0 amide bonds. The second-order valence-corrected chi connectivity index (χ2v) is 7.61. The van der Waals surface area contributed by atoms with Crippen molar-refractivity contribution in [2.24, 2.45) is 7.05 Å².